The molecule has 0 radical (unpaired) electrons. The lowest BCUT2D eigenvalue weighted by atomic mass is 9.98. The number of aromatic amines is 1. The molecule has 7 heteroatoms. The molecule has 2 aromatic rings. The van der Waals surface area contributed by atoms with E-state index in [2.05, 4.69) is 15.5 Å². The second-order valence-electron chi connectivity index (χ2n) is 6.26. The number of benzene rings is 1. The van der Waals surface area contributed by atoms with E-state index in [1.165, 1.54) is 13.2 Å². The van der Waals surface area contributed by atoms with Crippen molar-refractivity contribution in [2.24, 2.45) is 0 Å². The molecule has 1 aliphatic heterocycles. The number of hydrogen-bond acceptors (Lipinski definition) is 3. The van der Waals surface area contributed by atoms with E-state index in [1.54, 1.807) is 30.2 Å². The Kier molecular flexibility index (Phi) is 5.21. The van der Waals surface area contributed by atoms with Gasteiger partial charge in [0.05, 0.1) is 31.0 Å². The number of H-pyrrole nitrogens is 1. The van der Waals surface area contributed by atoms with Gasteiger partial charge in [-0.3, -0.25) is 5.10 Å². The van der Waals surface area contributed by atoms with E-state index in [9.17, 15) is 9.18 Å². The van der Waals surface area contributed by atoms with Crippen molar-refractivity contribution >= 4 is 6.03 Å². The molecule has 134 valence electrons. The number of hydrogen-bond donors (Lipinski definition) is 2. The highest BCUT2D eigenvalue weighted by Crippen LogP contribution is 2.32. The van der Waals surface area contributed by atoms with Gasteiger partial charge in [0.2, 0.25) is 0 Å². The zero-order valence-electron chi connectivity index (χ0n) is 14.5. The third-order valence-electron chi connectivity index (χ3n) is 4.67. The second kappa shape index (κ2) is 7.55. The summed E-state index contributed by atoms with van der Waals surface area (Å²) < 4.78 is 19.5. The van der Waals surface area contributed by atoms with E-state index in [0.717, 1.165) is 24.8 Å². The Morgan fingerprint density at radius 3 is 3.04 bits per heavy atom. The summed E-state index contributed by atoms with van der Waals surface area (Å²) >= 11 is 0. The van der Waals surface area contributed by atoms with E-state index in [0.29, 0.717) is 17.9 Å². The first-order valence-corrected chi connectivity index (χ1v) is 8.50. The number of nitrogens with one attached hydrogen (secondary N) is 2. The number of piperidine rings is 1. The van der Waals surface area contributed by atoms with Crippen LogP contribution in [0.25, 0.3) is 0 Å². The fraction of sp³-hybridized carbons (Fsp3) is 0.444. The van der Waals surface area contributed by atoms with Gasteiger partial charge in [-0.25, -0.2) is 9.18 Å². The van der Waals surface area contributed by atoms with Crippen LogP contribution in [0.4, 0.5) is 9.18 Å². The number of nitrogens with zero attached hydrogens (tertiary/aromatic N) is 2. The lowest BCUT2D eigenvalue weighted by Crippen LogP contribution is -2.45. The van der Waals surface area contributed by atoms with Crippen LogP contribution in [0.5, 0.6) is 5.75 Å². The highest BCUT2D eigenvalue weighted by atomic mass is 19.1. The van der Waals surface area contributed by atoms with Crippen LogP contribution < -0.4 is 10.1 Å². The van der Waals surface area contributed by atoms with Crippen LogP contribution in [0.1, 0.15) is 49.4 Å². The van der Waals surface area contributed by atoms with Gasteiger partial charge in [0.25, 0.3) is 0 Å². The second-order valence-corrected chi connectivity index (χ2v) is 6.26. The molecule has 1 aliphatic rings. The van der Waals surface area contributed by atoms with Gasteiger partial charge in [-0.15, -0.1) is 0 Å². The normalized spacial score (nSPS) is 18.7. The fourth-order valence-electron chi connectivity index (χ4n) is 3.42. The molecule has 0 bridgehead atoms. The number of rotatable bonds is 4. The van der Waals surface area contributed by atoms with Gasteiger partial charge in [-0.2, -0.15) is 5.10 Å². The van der Waals surface area contributed by atoms with E-state index >= 15 is 0 Å². The quantitative estimate of drug-likeness (QED) is 0.889. The minimum Gasteiger partial charge on any atom is -0.496 e. The predicted octanol–water partition coefficient (Wildman–Crippen LogP) is 3.56. The van der Waals surface area contributed by atoms with Crippen molar-refractivity contribution in [3.05, 3.63) is 47.5 Å². The average Bonchev–Trinajstić information content (AvgIpc) is 3.15. The van der Waals surface area contributed by atoms with Crippen LogP contribution in [0.15, 0.2) is 30.6 Å². The summed E-state index contributed by atoms with van der Waals surface area (Å²) in [7, 11) is 1.49. The van der Waals surface area contributed by atoms with Crippen molar-refractivity contribution in [2.75, 3.05) is 13.7 Å². The summed E-state index contributed by atoms with van der Waals surface area (Å²) in [6, 6.07) is 3.93. The minimum atomic E-state index is -0.504. The van der Waals surface area contributed by atoms with Gasteiger partial charge >= 0.3 is 6.03 Å². The number of halogens is 1. The Labute approximate surface area is 146 Å². The number of carbonyl (C=O) groups excluding carboxylic acids is 1. The Bertz CT molecular complexity index is 720. The zero-order chi connectivity index (χ0) is 17.8. The van der Waals surface area contributed by atoms with Crippen molar-refractivity contribution in [2.45, 2.75) is 38.3 Å². The van der Waals surface area contributed by atoms with Gasteiger partial charge in [0.1, 0.15) is 11.6 Å². The van der Waals surface area contributed by atoms with E-state index in [4.69, 9.17) is 4.74 Å². The van der Waals surface area contributed by atoms with Crippen molar-refractivity contribution in [3.63, 3.8) is 0 Å². The number of aromatic nitrogens is 2. The molecule has 2 unspecified atom stereocenters. The lowest BCUT2D eigenvalue weighted by molar-refractivity contribution is 0.148. The van der Waals surface area contributed by atoms with Crippen LogP contribution >= 0.6 is 0 Å². The van der Waals surface area contributed by atoms with Crippen LogP contribution in [0.3, 0.4) is 0 Å². The summed E-state index contributed by atoms with van der Waals surface area (Å²) in [5.74, 6) is 0.0370. The highest BCUT2D eigenvalue weighted by molar-refractivity contribution is 5.75. The molecule has 2 atom stereocenters. The van der Waals surface area contributed by atoms with Crippen LogP contribution in [-0.2, 0) is 0 Å². The minimum absolute atomic E-state index is 0.0118. The van der Waals surface area contributed by atoms with E-state index < -0.39 is 11.9 Å². The molecule has 2 amide bonds. The number of amides is 2. The standard InChI is InChI=1S/C18H23FN4O2/c1-12(17-14(19)6-5-8-16(17)25-2)22-18(24)23-9-4-3-7-15(23)13-10-20-21-11-13/h5-6,8,10-12,15H,3-4,7,9H2,1-2H3,(H,20,21)(H,22,24). The van der Waals surface area contributed by atoms with E-state index in [-0.39, 0.29) is 12.1 Å². The molecule has 3 rings (SSSR count). The number of likely N-dealkylation sites (tertiary alicyclic amines) is 1. The summed E-state index contributed by atoms with van der Waals surface area (Å²) in [6.07, 6.45) is 6.49. The van der Waals surface area contributed by atoms with Crippen LogP contribution in [0.2, 0.25) is 0 Å². The number of methoxy groups -OCH3 is 1. The number of ether oxygens (including phenoxy) is 1. The molecule has 2 N–H and O–H groups in total. The van der Waals surface area contributed by atoms with Crippen LogP contribution in [0, 0.1) is 5.82 Å². The smallest absolute Gasteiger partial charge is 0.318 e. The molecular formula is C18H23FN4O2. The monoisotopic (exact) mass is 346 g/mol. The summed E-state index contributed by atoms with van der Waals surface area (Å²) in [5.41, 5.74) is 1.35. The van der Waals surface area contributed by atoms with E-state index in [1.807, 2.05) is 6.20 Å². The first kappa shape index (κ1) is 17.3. The summed E-state index contributed by atoms with van der Waals surface area (Å²) in [4.78, 5) is 14.6. The lowest BCUT2D eigenvalue weighted by Gasteiger charge is -2.36. The molecule has 1 aromatic carbocycles. The molecule has 1 saturated heterocycles. The molecular weight excluding hydrogens is 323 g/mol. The van der Waals surface area contributed by atoms with Crippen LogP contribution in [-0.4, -0.2) is 34.8 Å². The van der Waals surface area contributed by atoms with Crippen molar-refractivity contribution in [3.8, 4) is 5.75 Å². The Morgan fingerprint density at radius 2 is 2.32 bits per heavy atom. The topological polar surface area (TPSA) is 70.2 Å². The SMILES string of the molecule is COc1cccc(F)c1C(C)NC(=O)N1CCCCC1c1cn[nH]c1. The van der Waals surface area contributed by atoms with Gasteiger partial charge in [-0.1, -0.05) is 6.07 Å². The maximum Gasteiger partial charge on any atom is 0.318 e. The zero-order valence-corrected chi connectivity index (χ0v) is 14.5. The molecule has 2 heterocycles. The van der Waals surface area contributed by atoms with Crippen molar-refractivity contribution < 1.29 is 13.9 Å². The fourth-order valence-corrected chi connectivity index (χ4v) is 3.42. The Hall–Kier alpha value is -2.57. The molecule has 0 saturated carbocycles. The Morgan fingerprint density at radius 1 is 1.48 bits per heavy atom. The molecule has 25 heavy (non-hydrogen) atoms. The Balaban J connectivity index is 1.77. The number of urea groups is 1. The molecule has 0 spiro atoms. The van der Waals surface area contributed by atoms with Crippen molar-refractivity contribution in [1.82, 2.24) is 20.4 Å². The first-order chi connectivity index (χ1) is 12.1. The van der Waals surface area contributed by atoms with Gasteiger partial charge < -0.3 is 15.0 Å². The predicted molar refractivity (Wildman–Crippen MR) is 91.8 cm³/mol. The summed E-state index contributed by atoms with van der Waals surface area (Å²) in [6.45, 7) is 2.43. The van der Waals surface area contributed by atoms with Gasteiger partial charge in [0, 0.05) is 18.3 Å². The number of carbonyl (C=O) groups is 1. The molecule has 1 aromatic heterocycles. The maximum atomic E-state index is 14.2. The third kappa shape index (κ3) is 3.60. The van der Waals surface area contributed by atoms with Gasteiger partial charge in [0.15, 0.2) is 0 Å². The maximum absolute atomic E-state index is 14.2. The summed E-state index contributed by atoms with van der Waals surface area (Å²) in [5, 5.41) is 9.70. The first-order valence-electron chi connectivity index (χ1n) is 8.50. The highest BCUT2D eigenvalue weighted by Gasteiger charge is 2.30. The molecule has 1 fully saturated rings. The average molecular weight is 346 g/mol. The van der Waals surface area contributed by atoms with Crippen molar-refractivity contribution in [1.29, 1.82) is 0 Å². The molecule has 6 nitrogen and oxygen atoms in total. The van der Waals surface area contributed by atoms with Gasteiger partial charge in [-0.05, 0) is 38.3 Å². The largest absolute Gasteiger partial charge is 0.496 e. The third-order valence-corrected chi connectivity index (χ3v) is 4.67. The molecule has 0 aliphatic carbocycles.